The normalized spacial score (nSPS) is 15.2. The molecule has 0 N–H and O–H groups in total. The van der Waals surface area contributed by atoms with Crippen molar-refractivity contribution in [3.63, 3.8) is 0 Å². The second-order valence-electron chi connectivity index (χ2n) is 6.96. The minimum absolute atomic E-state index is 0.147. The molecule has 6 heteroatoms. The van der Waals surface area contributed by atoms with Crippen molar-refractivity contribution < 1.29 is 23.5 Å². The molecule has 1 aliphatic heterocycles. The van der Waals surface area contributed by atoms with Gasteiger partial charge in [-0.25, -0.2) is 9.18 Å². The van der Waals surface area contributed by atoms with E-state index in [1.165, 1.54) is 18.2 Å². The molecule has 1 aliphatic rings. The zero-order chi connectivity index (χ0) is 18.6. The summed E-state index contributed by atoms with van der Waals surface area (Å²) >= 11 is 0. The van der Waals surface area contributed by atoms with Crippen LogP contribution < -0.4 is 4.74 Å². The van der Waals surface area contributed by atoms with Crippen molar-refractivity contribution >= 4 is 11.9 Å². The molecule has 1 aromatic rings. The largest absolute Gasteiger partial charge is 0.486 e. The van der Waals surface area contributed by atoms with Gasteiger partial charge in [-0.3, -0.25) is 4.79 Å². The number of ether oxygens (including phenoxy) is 2. The molecule has 0 spiro atoms. The number of carbonyl (C=O) groups excluding carboxylic acids is 2. The number of hydrogen-bond acceptors (Lipinski definition) is 4. The average Bonchev–Trinajstić information content (AvgIpc) is 2.48. The van der Waals surface area contributed by atoms with Crippen LogP contribution in [0.15, 0.2) is 30.4 Å². The summed E-state index contributed by atoms with van der Waals surface area (Å²) in [6.07, 6.45) is 2.18. The number of halogens is 1. The predicted molar refractivity (Wildman–Crippen MR) is 91.9 cm³/mol. The van der Waals surface area contributed by atoms with Crippen LogP contribution in [-0.2, 0) is 19.7 Å². The zero-order valence-corrected chi connectivity index (χ0v) is 15.0. The quantitative estimate of drug-likeness (QED) is 0.606. The second kappa shape index (κ2) is 7.68. The highest BCUT2D eigenvalue weighted by Crippen LogP contribution is 2.33. The third-order valence-corrected chi connectivity index (χ3v) is 3.85. The molecule has 136 valence electrons. The van der Waals surface area contributed by atoms with Crippen molar-refractivity contribution in [3.05, 3.63) is 41.7 Å². The lowest BCUT2D eigenvalue weighted by molar-refractivity contribution is -0.138. The molecule has 1 aromatic carbocycles. The molecule has 25 heavy (non-hydrogen) atoms. The van der Waals surface area contributed by atoms with Gasteiger partial charge in [0.2, 0.25) is 5.91 Å². The van der Waals surface area contributed by atoms with Gasteiger partial charge in [-0.2, -0.15) is 0 Å². The fourth-order valence-corrected chi connectivity index (χ4v) is 2.50. The van der Waals surface area contributed by atoms with Gasteiger partial charge in [0, 0.05) is 17.7 Å². The van der Waals surface area contributed by atoms with E-state index in [2.05, 4.69) is 0 Å². The highest BCUT2D eigenvalue weighted by Gasteiger charge is 2.32. The maximum atomic E-state index is 13.5. The molecular formula is C19H24FNO4. The first-order valence-electron chi connectivity index (χ1n) is 8.31. The number of nitrogens with zero attached hydrogens (tertiary/aromatic N) is 1. The summed E-state index contributed by atoms with van der Waals surface area (Å²) in [6, 6.07) is 4.48. The molecule has 0 aliphatic carbocycles. The van der Waals surface area contributed by atoms with E-state index < -0.39 is 5.97 Å². The number of benzene rings is 1. The molecule has 0 saturated carbocycles. The number of likely N-dealkylation sites (tertiary alicyclic amines) is 1. The number of rotatable bonds is 5. The Balaban J connectivity index is 1.92. The van der Waals surface area contributed by atoms with Crippen molar-refractivity contribution in [1.29, 1.82) is 0 Å². The zero-order valence-electron chi connectivity index (χ0n) is 15.0. The van der Waals surface area contributed by atoms with E-state index in [1.54, 1.807) is 17.9 Å². The topological polar surface area (TPSA) is 55.8 Å². The smallest absolute Gasteiger partial charge is 0.330 e. The summed E-state index contributed by atoms with van der Waals surface area (Å²) in [5.41, 5.74) is 0.540. The third kappa shape index (κ3) is 5.05. The van der Waals surface area contributed by atoms with Crippen molar-refractivity contribution in [2.75, 3.05) is 19.7 Å². The van der Waals surface area contributed by atoms with Crippen LogP contribution in [0, 0.1) is 5.82 Å². The Morgan fingerprint density at radius 2 is 1.96 bits per heavy atom. The molecule has 0 unspecified atom stereocenters. The molecule has 0 bridgehead atoms. The molecule has 0 aromatic heterocycles. The molecule has 1 fully saturated rings. The van der Waals surface area contributed by atoms with Gasteiger partial charge in [0.15, 0.2) is 0 Å². The summed E-state index contributed by atoms with van der Waals surface area (Å²) in [5, 5.41) is 0. The fourth-order valence-electron chi connectivity index (χ4n) is 2.50. The van der Waals surface area contributed by atoms with Crippen molar-refractivity contribution in [2.24, 2.45) is 0 Å². The SMILES string of the molecule is CCOC(=O)/C=C/C(=O)N1CC(Oc2ccc(F)cc2C(C)(C)C)C1. The monoisotopic (exact) mass is 349 g/mol. The Morgan fingerprint density at radius 1 is 1.28 bits per heavy atom. The Kier molecular flexibility index (Phi) is 5.82. The fraction of sp³-hybridized carbons (Fsp3) is 0.474. The Morgan fingerprint density at radius 3 is 2.56 bits per heavy atom. The predicted octanol–water partition coefficient (Wildman–Crippen LogP) is 2.83. The number of esters is 1. The van der Waals surface area contributed by atoms with Gasteiger partial charge in [-0.1, -0.05) is 20.8 Å². The summed E-state index contributed by atoms with van der Waals surface area (Å²) in [6.45, 7) is 8.79. The Hall–Kier alpha value is -2.37. The van der Waals surface area contributed by atoms with E-state index in [-0.39, 0.29) is 29.9 Å². The first-order chi connectivity index (χ1) is 11.7. The highest BCUT2D eigenvalue weighted by atomic mass is 19.1. The standard InChI is InChI=1S/C19H24FNO4/c1-5-24-18(23)9-8-17(22)21-11-14(12-21)25-16-7-6-13(20)10-15(16)19(2,3)4/h6-10,14H,5,11-12H2,1-4H3/b9-8+. The summed E-state index contributed by atoms with van der Waals surface area (Å²) in [7, 11) is 0. The van der Waals surface area contributed by atoms with Gasteiger partial charge in [0.05, 0.1) is 19.7 Å². The Bertz CT molecular complexity index is 672. The number of hydrogen-bond donors (Lipinski definition) is 0. The molecule has 1 heterocycles. The lowest BCUT2D eigenvalue weighted by Gasteiger charge is -2.39. The molecule has 1 amide bonds. The van der Waals surface area contributed by atoms with Crippen molar-refractivity contribution in [3.8, 4) is 5.75 Å². The number of amides is 1. The average molecular weight is 349 g/mol. The van der Waals surface area contributed by atoms with Crippen LogP contribution >= 0.6 is 0 Å². The molecular weight excluding hydrogens is 325 g/mol. The Labute approximate surface area is 147 Å². The van der Waals surface area contributed by atoms with E-state index in [1.807, 2.05) is 20.8 Å². The third-order valence-electron chi connectivity index (χ3n) is 3.85. The van der Waals surface area contributed by atoms with Crippen LogP contribution in [0.3, 0.4) is 0 Å². The first-order valence-corrected chi connectivity index (χ1v) is 8.31. The van der Waals surface area contributed by atoms with Crippen molar-refractivity contribution in [1.82, 2.24) is 4.90 Å². The van der Waals surface area contributed by atoms with Crippen LogP contribution in [0.25, 0.3) is 0 Å². The lowest BCUT2D eigenvalue weighted by Crippen LogP contribution is -2.55. The minimum atomic E-state index is -0.537. The van der Waals surface area contributed by atoms with Crippen LogP contribution in [0.1, 0.15) is 33.3 Å². The van der Waals surface area contributed by atoms with E-state index >= 15 is 0 Å². The first kappa shape index (κ1) is 19.0. The van der Waals surface area contributed by atoms with E-state index in [9.17, 15) is 14.0 Å². The molecule has 1 saturated heterocycles. The maximum absolute atomic E-state index is 13.5. The van der Waals surface area contributed by atoms with Gasteiger partial charge in [0.1, 0.15) is 17.7 Å². The molecule has 2 rings (SSSR count). The van der Waals surface area contributed by atoms with Gasteiger partial charge < -0.3 is 14.4 Å². The molecule has 0 atom stereocenters. The van der Waals surface area contributed by atoms with Crippen LogP contribution in [0.5, 0.6) is 5.75 Å². The summed E-state index contributed by atoms with van der Waals surface area (Å²) in [5.74, 6) is -0.465. The van der Waals surface area contributed by atoms with E-state index in [0.717, 1.165) is 11.6 Å². The van der Waals surface area contributed by atoms with Gasteiger partial charge >= 0.3 is 5.97 Å². The minimum Gasteiger partial charge on any atom is -0.486 e. The van der Waals surface area contributed by atoms with Crippen LogP contribution in [-0.4, -0.2) is 42.6 Å². The van der Waals surface area contributed by atoms with E-state index in [4.69, 9.17) is 9.47 Å². The van der Waals surface area contributed by atoms with E-state index in [0.29, 0.717) is 18.8 Å². The highest BCUT2D eigenvalue weighted by molar-refractivity contribution is 5.94. The van der Waals surface area contributed by atoms with Crippen LogP contribution in [0.2, 0.25) is 0 Å². The summed E-state index contributed by atoms with van der Waals surface area (Å²) < 4.78 is 24.2. The second-order valence-corrected chi connectivity index (χ2v) is 6.96. The lowest BCUT2D eigenvalue weighted by atomic mass is 9.86. The number of carbonyl (C=O) groups is 2. The van der Waals surface area contributed by atoms with Gasteiger partial charge in [-0.15, -0.1) is 0 Å². The van der Waals surface area contributed by atoms with Gasteiger partial charge in [0.25, 0.3) is 0 Å². The molecule has 0 radical (unpaired) electrons. The molecule has 5 nitrogen and oxygen atoms in total. The van der Waals surface area contributed by atoms with Gasteiger partial charge in [-0.05, 0) is 30.5 Å². The maximum Gasteiger partial charge on any atom is 0.330 e. The van der Waals surface area contributed by atoms with Crippen molar-refractivity contribution in [2.45, 2.75) is 39.2 Å². The summed E-state index contributed by atoms with van der Waals surface area (Å²) in [4.78, 5) is 24.7. The van der Waals surface area contributed by atoms with Crippen LogP contribution in [0.4, 0.5) is 4.39 Å².